The number of rotatable bonds is 5. The molecule has 0 bridgehead atoms. The van der Waals surface area contributed by atoms with Gasteiger partial charge in [0.1, 0.15) is 11.6 Å². The van der Waals surface area contributed by atoms with Crippen molar-refractivity contribution in [2.24, 2.45) is 10.9 Å². The van der Waals surface area contributed by atoms with Gasteiger partial charge in [0.15, 0.2) is 5.96 Å². The Hall–Kier alpha value is -0.900. The van der Waals surface area contributed by atoms with Crippen molar-refractivity contribution in [3.05, 3.63) is 11.6 Å². The molecule has 1 aromatic heterocycles. The van der Waals surface area contributed by atoms with E-state index in [-0.39, 0.29) is 29.6 Å². The summed E-state index contributed by atoms with van der Waals surface area (Å²) in [5.74, 6) is 3.60. The first-order valence-corrected chi connectivity index (χ1v) is 9.14. The number of aliphatic imine (C=N–C) groups is 1. The van der Waals surface area contributed by atoms with Crippen molar-refractivity contribution in [3.8, 4) is 0 Å². The van der Waals surface area contributed by atoms with Crippen molar-refractivity contribution >= 4 is 29.9 Å². The van der Waals surface area contributed by atoms with Crippen molar-refractivity contribution in [3.63, 3.8) is 0 Å². The number of hydrogen-bond donors (Lipinski definition) is 2. The smallest absolute Gasteiger partial charge is 0.191 e. The lowest BCUT2D eigenvalue weighted by molar-refractivity contribution is 0.0283. The highest BCUT2D eigenvalue weighted by molar-refractivity contribution is 14.0. The zero-order chi connectivity index (χ0) is 17.0. The summed E-state index contributed by atoms with van der Waals surface area (Å²) < 4.78 is 8.07. The number of aromatic nitrogens is 3. The van der Waals surface area contributed by atoms with Gasteiger partial charge in [-0.2, -0.15) is 0 Å². The predicted molar refractivity (Wildman–Crippen MR) is 110 cm³/mol. The SMILES string of the molecule is CCNC(=NCC1(C)CCCO1)NCC1CCc2nnc(C)n2C1.I. The van der Waals surface area contributed by atoms with Crippen LogP contribution in [0.2, 0.25) is 0 Å². The standard InChI is InChI=1S/C17H30N6O.HI/c1-4-18-16(20-12-17(3)8-5-9-24-17)19-10-14-6-7-15-22-21-13(2)23(15)11-14;/h14H,4-12H2,1-3H3,(H2,18,19,20);1H. The number of fused-ring (bicyclic) bond motifs is 1. The van der Waals surface area contributed by atoms with Crippen molar-refractivity contribution < 1.29 is 4.74 Å². The van der Waals surface area contributed by atoms with E-state index in [1.54, 1.807) is 0 Å². The Morgan fingerprint density at radius 2 is 2.24 bits per heavy atom. The number of nitrogens with zero attached hydrogens (tertiary/aromatic N) is 4. The fourth-order valence-electron chi connectivity index (χ4n) is 3.49. The lowest BCUT2D eigenvalue weighted by atomic mass is 9.99. The van der Waals surface area contributed by atoms with Gasteiger partial charge in [-0.1, -0.05) is 0 Å². The largest absolute Gasteiger partial charge is 0.373 e. The average molecular weight is 462 g/mol. The van der Waals surface area contributed by atoms with Crippen LogP contribution >= 0.6 is 24.0 Å². The molecule has 7 nitrogen and oxygen atoms in total. The monoisotopic (exact) mass is 462 g/mol. The molecule has 2 atom stereocenters. The second-order valence-electron chi connectivity index (χ2n) is 7.16. The Kier molecular flexibility index (Phi) is 7.48. The fraction of sp³-hybridized carbons (Fsp3) is 0.824. The van der Waals surface area contributed by atoms with E-state index in [0.717, 1.165) is 69.5 Å². The first kappa shape index (κ1) is 20.4. The normalized spacial score (nSPS) is 26.0. The van der Waals surface area contributed by atoms with Gasteiger partial charge >= 0.3 is 0 Å². The Balaban J connectivity index is 0.00000225. The van der Waals surface area contributed by atoms with E-state index in [4.69, 9.17) is 9.73 Å². The minimum atomic E-state index is -0.0956. The number of ether oxygens (including phenoxy) is 1. The van der Waals surface area contributed by atoms with Crippen LogP contribution in [0.3, 0.4) is 0 Å². The zero-order valence-corrected chi connectivity index (χ0v) is 17.9. The van der Waals surface area contributed by atoms with E-state index in [9.17, 15) is 0 Å². The molecule has 0 aromatic carbocycles. The van der Waals surface area contributed by atoms with Crippen molar-refractivity contribution in [2.45, 2.75) is 58.6 Å². The van der Waals surface area contributed by atoms with E-state index < -0.39 is 0 Å². The molecule has 0 aliphatic carbocycles. The van der Waals surface area contributed by atoms with E-state index >= 15 is 0 Å². The van der Waals surface area contributed by atoms with E-state index in [1.165, 1.54) is 0 Å². The maximum absolute atomic E-state index is 5.83. The molecule has 0 amide bonds. The summed E-state index contributed by atoms with van der Waals surface area (Å²) in [6, 6.07) is 0. The highest BCUT2D eigenvalue weighted by Crippen LogP contribution is 2.25. The summed E-state index contributed by atoms with van der Waals surface area (Å²) in [4.78, 5) is 4.74. The van der Waals surface area contributed by atoms with Crippen LogP contribution in [0.5, 0.6) is 0 Å². The minimum absolute atomic E-state index is 0. The van der Waals surface area contributed by atoms with Gasteiger partial charge in [-0.05, 0) is 46.0 Å². The molecule has 1 saturated heterocycles. The van der Waals surface area contributed by atoms with E-state index in [0.29, 0.717) is 12.5 Å². The molecule has 3 heterocycles. The Morgan fingerprint density at radius 3 is 2.96 bits per heavy atom. The van der Waals surface area contributed by atoms with Crippen LogP contribution in [0.15, 0.2) is 4.99 Å². The average Bonchev–Trinajstić information content (AvgIpc) is 3.17. The van der Waals surface area contributed by atoms with Gasteiger partial charge in [0.25, 0.3) is 0 Å². The van der Waals surface area contributed by atoms with Gasteiger partial charge in [-0.25, -0.2) is 0 Å². The summed E-state index contributed by atoms with van der Waals surface area (Å²) in [6.45, 7) is 10.6. The van der Waals surface area contributed by atoms with Crippen molar-refractivity contribution in [1.82, 2.24) is 25.4 Å². The van der Waals surface area contributed by atoms with Crippen LogP contribution in [0, 0.1) is 12.8 Å². The molecular weight excluding hydrogens is 431 g/mol. The number of halogens is 1. The molecule has 0 radical (unpaired) electrons. The third kappa shape index (κ3) is 5.29. The molecule has 25 heavy (non-hydrogen) atoms. The van der Waals surface area contributed by atoms with Crippen LogP contribution in [0.1, 0.15) is 44.8 Å². The van der Waals surface area contributed by atoms with E-state index in [1.807, 2.05) is 6.92 Å². The lowest BCUT2D eigenvalue weighted by Crippen LogP contribution is -2.42. The summed E-state index contributed by atoms with van der Waals surface area (Å²) >= 11 is 0. The molecule has 8 heteroatoms. The molecule has 142 valence electrons. The zero-order valence-electron chi connectivity index (χ0n) is 15.5. The van der Waals surface area contributed by atoms with Crippen LogP contribution in [0.25, 0.3) is 0 Å². The third-order valence-electron chi connectivity index (χ3n) is 5.00. The van der Waals surface area contributed by atoms with Crippen LogP contribution in [-0.2, 0) is 17.7 Å². The molecule has 0 spiro atoms. The Bertz CT molecular complexity index is 582. The minimum Gasteiger partial charge on any atom is -0.373 e. The molecule has 3 rings (SSSR count). The second-order valence-corrected chi connectivity index (χ2v) is 7.16. The lowest BCUT2D eigenvalue weighted by Gasteiger charge is -2.25. The second kappa shape index (κ2) is 9.16. The van der Waals surface area contributed by atoms with Gasteiger partial charge in [0, 0.05) is 32.7 Å². The summed E-state index contributed by atoms with van der Waals surface area (Å²) in [6.07, 6.45) is 4.38. The molecule has 2 aliphatic rings. The van der Waals surface area contributed by atoms with Gasteiger partial charge in [-0.15, -0.1) is 34.2 Å². The van der Waals surface area contributed by atoms with Crippen LogP contribution < -0.4 is 10.6 Å². The first-order chi connectivity index (χ1) is 11.6. The maximum Gasteiger partial charge on any atom is 0.191 e. The predicted octanol–water partition coefficient (Wildman–Crippen LogP) is 1.89. The molecule has 2 unspecified atom stereocenters. The summed E-state index contributed by atoms with van der Waals surface area (Å²) in [5.41, 5.74) is -0.0956. The van der Waals surface area contributed by atoms with Gasteiger partial charge < -0.3 is 19.9 Å². The Labute approximate surface area is 167 Å². The third-order valence-corrected chi connectivity index (χ3v) is 5.00. The van der Waals surface area contributed by atoms with Crippen molar-refractivity contribution in [1.29, 1.82) is 0 Å². The van der Waals surface area contributed by atoms with Crippen LogP contribution in [-0.4, -0.2) is 52.6 Å². The summed E-state index contributed by atoms with van der Waals surface area (Å²) in [5, 5.41) is 15.3. The van der Waals surface area contributed by atoms with Gasteiger partial charge in [-0.3, -0.25) is 4.99 Å². The molecule has 2 aliphatic heterocycles. The van der Waals surface area contributed by atoms with Crippen LogP contribution in [0.4, 0.5) is 0 Å². The molecular formula is C17H31IN6O. The van der Waals surface area contributed by atoms with Crippen molar-refractivity contribution in [2.75, 3.05) is 26.2 Å². The number of hydrogen-bond acceptors (Lipinski definition) is 4. The first-order valence-electron chi connectivity index (χ1n) is 9.14. The van der Waals surface area contributed by atoms with Gasteiger partial charge in [0.2, 0.25) is 0 Å². The van der Waals surface area contributed by atoms with Gasteiger partial charge in [0.05, 0.1) is 12.1 Å². The molecule has 0 saturated carbocycles. The number of guanidine groups is 1. The molecule has 1 fully saturated rings. The topological polar surface area (TPSA) is 76.4 Å². The summed E-state index contributed by atoms with van der Waals surface area (Å²) in [7, 11) is 0. The number of nitrogens with one attached hydrogen (secondary N) is 2. The quantitative estimate of drug-likeness (QED) is 0.397. The highest BCUT2D eigenvalue weighted by Gasteiger charge is 2.29. The Morgan fingerprint density at radius 1 is 1.40 bits per heavy atom. The number of aryl methyl sites for hydroxylation is 2. The maximum atomic E-state index is 5.83. The molecule has 2 N–H and O–H groups in total. The van der Waals surface area contributed by atoms with E-state index in [2.05, 4.69) is 39.2 Å². The molecule has 1 aromatic rings. The highest BCUT2D eigenvalue weighted by atomic mass is 127. The fourth-order valence-corrected chi connectivity index (χ4v) is 3.49.